The van der Waals surface area contributed by atoms with Gasteiger partial charge in [-0.15, -0.1) is 0 Å². The highest BCUT2D eigenvalue weighted by Gasteiger charge is 2.40. The van der Waals surface area contributed by atoms with E-state index in [0.717, 1.165) is 11.1 Å². The SMILES string of the molecule is COCN1C(=O)C(Cc2ccccc2)NC(=O)C1Cc1ccccc1. The van der Waals surface area contributed by atoms with Gasteiger partial charge in [-0.25, -0.2) is 0 Å². The van der Waals surface area contributed by atoms with Crippen LogP contribution in [0.15, 0.2) is 60.7 Å². The quantitative estimate of drug-likeness (QED) is 0.873. The molecule has 0 bridgehead atoms. The van der Waals surface area contributed by atoms with Crippen LogP contribution in [0.4, 0.5) is 0 Å². The third-order valence-electron chi connectivity index (χ3n) is 4.40. The monoisotopic (exact) mass is 338 g/mol. The number of hydrogen-bond donors (Lipinski definition) is 1. The van der Waals surface area contributed by atoms with Crippen molar-refractivity contribution in [1.82, 2.24) is 10.2 Å². The van der Waals surface area contributed by atoms with E-state index in [-0.39, 0.29) is 18.5 Å². The van der Waals surface area contributed by atoms with Gasteiger partial charge in [-0.2, -0.15) is 0 Å². The molecule has 2 aromatic carbocycles. The van der Waals surface area contributed by atoms with E-state index in [1.807, 2.05) is 60.7 Å². The number of nitrogens with one attached hydrogen (secondary N) is 1. The summed E-state index contributed by atoms with van der Waals surface area (Å²) in [4.78, 5) is 27.1. The van der Waals surface area contributed by atoms with Gasteiger partial charge in [0.2, 0.25) is 11.8 Å². The van der Waals surface area contributed by atoms with Crippen LogP contribution in [0.3, 0.4) is 0 Å². The minimum atomic E-state index is -0.558. The van der Waals surface area contributed by atoms with Crippen molar-refractivity contribution in [3.05, 3.63) is 71.8 Å². The van der Waals surface area contributed by atoms with Crippen molar-refractivity contribution in [3.63, 3.8) is 0 Å². The Morgan fingerprint density at radius 1 is 0.920 bits per heavy atom. The van der Waals surface area contributed by atoms with Crippen molar-refractivity contribution >= 4 is 11.8 Å². The summed E-state index contributed by atoms with van der Waals surface area (Å²) < 4.78 is 5.19. The molecule has 5 nitrogen and oxygen atoms in total. The lowest BCUT2D eigenvalue weighted by Crippen LogP contribution is -2.64. The first kappa shape index (κ1) is 17.2. The minimum Gasteiger partial charge on any atom is -0.364 e. The zero-order chi connectivity index (χ0) is 17.6. The summed E-state index contributed by atoms with van der Waals surface area (Å²) >= 11 is 0. The van der Waals surface area contributed by atoms with Gasteiger partial charge in [-0.3, -0.25) is 9.59 Å². The molecule has 0 aromatic heterocycles. The molecule has 0 spiro atoms. The Hall–Kier alpha value is -2.66. The molecular weight excluding hydrogens is 316 g/mol. The highest BCUT2D eigenvalue weighted by atomic mass is 16.5. The normalized spacial score (nSPS) is 20.4. The third-order valence-corrected chi connectivity index (χ3v) is 4.40. The van der Waals surface area contributed by atoms with E-state index in [1.165, 1.54) is 7.11 Å². The number of rotatable bonds is 6. The van der Waals surface area contributed by atoms with Crippen LogP contribution in [0.5, 0.6) is 0 Å². The lowest BCUT2D eigenvalue weighted by Gasteiger charge is -2.38. The molecule has 1 aliphatic rings. The van der Waals surface area contributed by atoms with Crippen LogP contribution >= 0.6 is 0 Å². The predicted molar refractivity (Wildman–Crippen MR) is 94.7 cm³/mol. The average Bonchev–Trinajstić information content (AvgIpc) is 2.64. The molecule has 5 heteroatoms. The molecule has 1 saturated heterocycles. The van der Waals surface area contributed by atoms with Gasteiger partial charge in [0.05, 0.1) is 0 Å². The molecule has 3 rings (SSSR count). The molecule has 0 radical (unpaired) electrons. The van der Waals surface area contributed by atoms with E-state index in [2.05, 4.69) is 5.32 Å². The summed E-state index contributed by atoms with van der Waals surface area (Å²) in [5.41, 5.74) is 2.03. The standard InChI is InChI=1S/C20H22N2O3/c1-25-14-22-18(13-16-10-6-3-7-11-16)19(23)21-17(20(22)24)12-15-8-4-2-5-9-15/h2-11,17-18H,12-14H2,1H3,(H,21,23). The van der Waals surface area contributed by atoms with Crippen molar-refractivity contribution in [1.29, 1.82) is 0 Å². The summed E-state index contributed by atoms with van der Waals surface area (Å²) in [6.45, 7) is 0.106. The van der Waals surface area contributed by atoms with Crippen LogP contribution < -0.4 is 5.32 Å². The molecule has 1 N–H and O–H groups in total. The van der Waals surface area contributed by atoms with E-state index in [4.69, 9.17) is 4.74 Å². The molecule has 1 aliphatic heterocycles. The number of nitrogens with zero attached hydrogens (tertiary/aromatic N) is 1. The Morgan fingerprint density at radius 3 is 2.04 bits per heavy atom. The largest absolute Gasteiger partial charge is 0.364 e. The average molecular weight is 338 g/mol. The molecule has 1 fully saturated rings. The van der Waals surface area contributed by atoms with Gasteiger partial charge in [0.1, 0.15) is 18.8 Å². The van der Waals surface area contributed by atoms with Gasteiger partial charge in [0.25, 0.3) is 0 Å². The highest BCUT2D eigenvalue weighted by molar-refractivity contribution is 5.97. The van der Waals surface area contributed by atoms with Crippen LogP contribution in [0, 0.1) is 0 Å². The fourth-order valence-corrected chi connectivity index (χ4v) is 3.15. The molecule has 2 atom stereocenters. The van der Waals surface area contributed by atoms with Gasteiger partial charge in [-0.05, 0) is 11.1 Å². The Kier molecular flexibility index (Phi) is 5.46. The topological polar surface area (TPSA) is 58.6 Å². The van der Waals surface area contributed by atoms with Crippen LogP contribution in [0.25, 0.3) is 0 Å². The number of carbonyl (C=O) groups is 2. The van der Waals surface area contributed by atoms with Crippen molar-refractivity contribution in [2.24, 2.45) is 0 Å². The van der Waals surface area contributed by atoms with Crippen LogP contribution in [0.1, 0.15) is 11.1 Å². The number of benzene rings is 2. The summed E-state index contributed by atoms with van der Waals surface area (Å²) in [5.74, 6) is -0.243. The second kappa shape index (κ2) is 7.94. The van der Waals surface area contributed by atoms with Gasteiger partial charge in [-0.1, -0.05) is 60.7 Å². The maximum Gasteiger partial charge on any atom is 0.248 e. The van der Waals surface area contributed by atoms with Gasteiger partial charge in [0.15, 0.2) is 0 Å². The lowest BCUT2D eigenvalue weighted by molar-refractivity contribution is -0.154. The summed E-state index contributed by atoms with van der Waals surface area (Å²) in [6.07, 6.45) is 0.948. The number of amides is 2. The molecule has 2 unspecified atom stereocenters. The molecule has 0 aliphatic carbocycles. The Morgan fingerprint density at radius 2 is 1.48 bits per heavy atom. The molecule has 130 valence electrons. The van der Waals surface area contributed by atoms with Gasteiger partial charge < -0.3 is 15.0 Å². The van der Waals surface area contributed by atoms with E-state index >= 15 is 0 Å². The molecular formula is C20H22N2O3. The summed E-state index contributed by atoms with van der Waals surface area (Å²) in [6, 6.07) is 18.3. The number of piperazine rings is 1. The van der Waals surface area contributed by atoms with Gasteiger partial charge >= 0.3 is 0 Å². The van der Waals surface area contributed by atoms with E-state index in [9.17, 15) is 9.59 Å². The first-order valence-corrected chi connectivity index (χ1v) is 8.36. The smallest absolute Gasteiger partial charge is 0.248 e. The second-order valence-electron chi connectivity index (χ2n) is 6.18. The maximum absolute atomic E-state index is 12.9. The highest BCUT2D eigenvalue weighted by Crippen LogP contribution is 2.17. The fourth-order valence-electron chi connectivity index (χ4n) is 3.15. The first-order chi connectivity index (χ1) is 12.2. The van der Waals surface area contributed by atoms with Crippen molar-refractivity contribution in [2.45, 2.75) is 24.9 Å². The molecule has 1 heterocycles. The summed E-state index contributed by atoms with van der Waals surface area (Å²) in [5, 5.41) is 2.89. The molecule has 2 aromatic rings. The number of hydrogen-bond acceptors (Lipinski definition) is 3. The number of methoxy groups -OCH3 is 1. The van der Waals surface area contributed by atoms with Crippen LogP contribution in [-0.2, 0) is 27.2 Å². The lowest BCUT2D eigenvalue weighted by atomic mass is 9.97. The van der Waals surface area contributed by atoms with Crippen molar-refractivity contribution < 1.29 is 14.3 Å². The van der Waals surface area contributed by atoms with Crippen molar-refractivity contribution in [3.8, 4) is 0 Å². The van der Waals surface area contributed by atoms with E-state index in [1.54, 1.807) is 4.90 Å². The van der Waals surface area contributed by atoms with Gasteiger partial charge in [0, 0.05) is 20.0 Å². The van der Waals surface area contributed by atoms with Crippen LogP contribution in [-0.4, -0.2) is 42.6 Å². The minimum absolute atomic E-state index is 0.105. The molecule has 0 saturated carbocycles. The summed E-state index contributed by atoms with van der Waals surface area (Å²) in [7, 11) is 1.53. The molecule has 25 heavy (non-hydrogen) atoms. The van der Waals surface area contributed by atoms with Crippen LogP contribution in [0.2, 0.25) is 0 Å². The number of ether oxygens (including phenoxy) is 1. The molecule has 2 amide bonds. The van der Waals surface area contributed by atoms with E-state index < -0.39 is 12.1 Å². The zero-order valence-electron chi connectivity index (χ0n) is 14.2. The van der Waals surface area contributed by atoms with Crippen molar-refractivity contribution in [2.75, 3.05) is 13.8 Å². The maximum atomic E-state index is 12.9. The second-order valence-corrected chi connectivity index (χ2v) is 6.18. The Labute approximate surface area is 147 Å². The fraction of sp³-hybridized carbons (Fsp3) is 0.300. The first-order valence-electron chi connectivity index (χ1n) is 8.36. The number of carbonyl (C=O) groups excluding carboxylic acids is 2. The Bertz CT molecular complexity index is 718. The zero-order valence-corrected chi connectivity index (χ0v) is 14.2. The van der Waals surface area contributed by atoms with E-state index in [0.29, 0.717) is 12.8 Å². The predicted octanol–water partition coefficient (Wildman–Crippen LogP) is 1.77. The Balaban J connectivity index is 1.78. The third kappa shape index (κ3) is 4.06.